The van der Waals surface area contributed by atoms with Gasteiger partial charge in [-0.05, 0) is 94.2 Å². The zero-order valence-corrected chi connectivity index (χ0v) is 28.0. The van der Waals surface area contributed by atoms with Crippen LogP contribution in [-0.4, -0.2) is 61.3 Å². The van der Waals surface area contributed by atoms with Gasteiger partial charge in [-0.25, -0.2) is 0 Å². The van der Waals surface area contributed by atoms with Gasteiger partial charge in [0, 0.05) is 13.1 Å². The second kappa shape index (κ2) is 15.8. The first-order valence-electron chi connectivity index (χ1n) is 17.5. The number of nitrogens with zero attached hydrogens (tertiary/aromatic N) is 2. The van der Waals surface area contributed by atoms with Gasteiger partial charge in [0.1, 0.15) is 11.7 Å². The highest BCUT2D eigenvalue weighted by Gasteiger charge is 2.49. The lowest BCUT2D eigenvalue weighted by Gasteiger charge is -2.37. The third-order valence-electron chi connectivity index (χ3n) is 11.1. The van der Waals surface area contributed by atoms with E-state index >= 15 is 0 Å². The summed E-state index contributed by atoms with van der Waals surface area (Å²) in [5.41, 5.74) is 9.21. The number of hydrogen-bond acceptors (Lipinski definition) is 4. The molecule has 3 unspecified atom stereocenters. The molecule has 46 heavy (non-hydrogen) atoms. The third-order valence-corrected chi connectivity index (χ3v) is 11.1. The van der Waals surface area contributed by atoms with E-state index in [4.69, 9.17) is 5.73 Å². The lowest BCUT2D eigenvalue weighted by molar-refractivity contribution is -0.123. The molecular weight excluding hydrogens is 566 g/mol. The number of benzene rings is 3. The Bertz CT molecular complexity index is 1380. The zero-order chi connectivity index (χ0) is 32.4. The fraction of sp³-hybridized carbons (Fsp3) is 0.463. The van der Waals surface area contributed by atoms with Crippen molar-refractivity contribution in [2.24, 2.45) is 17.6 Å². The van der Waals surface area contributed by atoms with Crippen LogP contribution in [0, 0.1) is 11.8 Å². The maximum Gasteiger partial charge on any atom is 0.232 e. The summed E-state index contributed by atoms with van der Waals surface area (Å²) in [6, 6.07) is 30.7. The van der Waals surface area contributed by atoms with Gasteiger partial charge in [0.25, 0.3) is 0 Å². The van der Waals surface area contributed by atoms with Crippen LogP contribution in [0.1, 0.15) is 75.5 Å². The van der Waals surface area contributed by atoms with Gasteiger partial charge >= 0.3 is 0 Å². The number of rotatable bonds is 16. The van der Waals surface area contributed by atoms with E-state index in [0.29, 0.717) is 5.92 Å². The molecule has 5 heteroatoms. The van der Waals surface area contributed by atoms with Crippen LogP contribution in [0.25, 0.3) is 0 Å². The normalized spacial score (nSPS) is 20.9. The lowest BCUT2D eigenvalue weighted by Crippen LogP contribution is -2.49. The lowest BCUT2D eigenvalue weighted by atomic mass is 9.64. The van der Waals surface area contributed by atoms with Crippen molar-refractivity contribution >= 4 is 12.2 Å². The van der Waals surface area contributed by atoms with Gasteiger partial charge in [0.05, 0.1) is 5.41 Å². The summed E-state index contributed by atoms with van der Waals surface area (Å²) in [4.78, 5) is 31.2. The summed E-state index contributed by atoms with van der Waals surface area (Å²) in [6.45, 7) is 10.3. The minimum Gasteiger partial charge on any atom is -0.369 e. The van der Waals surface area contributed by atoms with E-state index in [-0.39, 0.29) is 11.8 Å². The Labute approximate surface area is 276 Å². The molecular formula is C41H53N3O2. The van der Waals surface area contributed by atoms with Gasteiger partial charge in [0.15, 0.2) is 0 Å². The fourth-order valence-corrected chi connectivity index (χ4v) is 8.52. The predicted octanol–water partition coefficient (Wildman–Crippen LogP) is 7.16. The Balaban J connectivity index is 1.07. The number of amides is 1. The molecule has 3 atom stereocenters. The van der Waals surface area contributed by atoms with Crippen molar-refractivity contribution in [3.63, 3.8) is 0 Å². The quantitative estimate of drug-likeness (QED) is 0.105. The highest BCUT2D eigenvalue weighted by molar-refractivity contribution is 5.91. The monoisotopic (exact) mass is 619 g/mol. The van der Waals surface area contributed by atoms with Gasteiger partial charge in [0.2, 0.25) is 5.91 Å². The summed E-state index contributed by atoms with van der Waals surface area (Å²) in [5, 5.41) is 0. The molecule has 5 nitrogen and oxygen atoms in total. The van der Waals surface area contributed by atoms with Crippen LogP contribution in [0.5, 0.6) is 0 Å². The highest BCUT2D eigenvalue weighted by atomic mass is 16.1. The average Bonchev–Trinajstić information content (AvgIpc) is 3.77. The van der Waals surface area contributed by atoms with Crippen molar-refractivity contribution < 1.29 is 9.59 Å². The first kappa shape index (κ1) is 33.8. The van der Waals surface area contributed by atoms with Gasteiger partial charge < -0.3 is 20.3 Å². The van der Waals surface area contributed by atoms with Crippen LogP contribution in [0.4, 0.5) is 0 Å². The smallest absolute Gasteiger partial charge is 0.232 e. The highest BCUT2D eigenvalue weighted by Crippen LogP contribution is 2.44. The number of allylic oxidation sites excluding steroid dienone is 2. The molecule has 2 heterocycles. The maximum absolute atomic E-state index is 13.3. The molecule has 0 spiro atoms. The number of carbonyl (C=O) groups excluding carboxylic acids is 2. The molecule has 0 bridgehead atoms. The van der Waals surface area contributed by atoms with E-state index in [0.717, 1.165) is 74.4 Å². The van der Waals surface area contributed by atoms with E-state index in [2.05, 4.69) is 78.3 Å². The number of hydrogen-bond donors (Lipinski definition) is 1. The number of nitrogens with two attached hydrogens (primary N) is 1. The van der Waals surface area contributed by atoms with Crippen molar-refractivity contribution in [2.45, 2.75) is 69.6 Å². The second-order valence-corrected chi connectivity index (χ2v) is 13.6. The van der Waals surface area contributed by atoms with E-state index in [1.807, 2.05) is 42.5 Å². The molecule has 2 aliphatic rings. The van der Waals surface area contributed by atoms with E-state index < -0.39 is 10.8 Å². The number of aldehydes is 1. The van der Waals surface area contributed by atoms with Gasteiger partial charge in [-0.3, -0.25) is 4.79 Å². The topological polar surface area (TPSA) is 66.6 Å². The Morgan fingerprint density at radius 1 is 0.717 bits per heavy atom. The minimum absolute atomic E-state index is 0.149. The number of likely N-dealkylation sites (tertiary alicyclic amines) is 2. The van der Waals surface area contributed by atoms with E-state index in [1.54, 1.807) is 0 Å². The van der Waals surface area contributed by atoms with Crippen molar-refractivity contribution in [2.75, 3.05) is 39.3 Å². The van der Waals surface area contributed by atoms with E-state index in [1.165, 1.54) is 38.4 Å². The molecule has 0 aliphatic carbocycles. The summed E-state index contributed by atoms with van der Waals surface area (Å²) in [7, 11) is 0. The Morgan fingerprint density at radius 2 is 1.15 bits per heavy atom. The molecule has 244 valence electrons. The first-order valence-corrected chi connectivity index (χ1v) is 17.5. The second-order valence-electron chi connectivity index (χ2n) is 13.6. The molecule has 0 aromatic heterocycles. The predicted molar refractivity (Wildman–Crippen MR) is 189 cm³/mol. The van der Waals surface area contributed by atoms with Crippen LogP contribution in [0.2, 0.25) is 0 Å². The molecule has 1 amide bonds. The summed E-state index contributed by atoms with van der Waals surface area (Å²) in [6.07, 6.45) is 11.4. The molecule has 2 aliphatic heterocycles. The molecule has 0 radical (unpaired) electrons. The van der Waals surface area contributed by atoms with Gasteiger partial charge in [-0.2, -0.15) is 0 Å². The SMILES string of the molecule is C/C=C(\C)C(C=O)(c1ccccc1)C1CCN(CCCCCCCN2CCC(C(C(N)=O)(c3ccccc3)c3ccccc3)C2)C1. The summed E-state index contributed by atoms with van der Waals surface area (Å²) < 4.78 is 0. The average molecular weight is 620 g/mol. The van der Waals surface area contributed by atoms with Gasteiger partial charge in [-0.15, -0.1) is 0 Å². The third kappa shape index (κ3) is 6.91. The summed E-state index contributed by atoms with van der Waals surface area (Å²) in [5.74, 6) is 0.204. The zero-order valence-electron chi connectivity index (χ0n) is 28.0. The standard InChI is InChI=1S/C41H53N3O2/c1-3-33(2)40(32-45,34-18-10-7-11-19-34)37-24-28-43(30-37)26-16-5-4-6-17-27-44-29-25-38(31-44)41(39(42)46,35-20-12-8-13-21-35)36-22-14-9-15-23-36/h3,7-15,18-23,32,37-38H,4-6,16-17,24-31H2,1-2H3,(H2,42,46)/b33-3+. The van der Waals surface area contributed by atoms with Crippen molar-refractivity contribution in [1.29, 1.82) is 0 Å². The van der Waals surface area contributed by atoms with Crippen LogP contribution in [-0.2, 0) is 20.4 Å². The molecule has 2 saturated heterocycles. The number of carbonyl (C=O) groups is 2. The molecule has 2 fully saturated rings. The van der Waals surface area contributed by atoms with Crippen LogP contribution < -0.4 is 5.73 Å². The van der Waals surface area contributed by atoms with Crippen LogP contribution in [0.3, 0.4) is 0 Å². The Morgan fingerprint density at radius 3 is 1.61 bits per heavy atom. The minimum atomic E-state index is -0.816. The number of unbranched alkanes of at least 4 members (excludes halogenated alkanes) is 4. The van der Waals surface area contributed by atoms with Crippen LogP contribution >= 0.6 is 0 Å². The number of primary amides is 1. The maximum atomic E-state index is 13.3. The van der Waals surface area contributed by atoms with Crippen molar-refractivity contribution in [3.8, 4) is 0 Å². The first-order chi connectivity index (χ1) is 22.5. The molecule has 2 N–H and O–H groups in total. The van der Waals surface area contributed by atoms with Crippen molar-refractivity contribution in [3.05, 3.63) is 119 Å². The molecule has 0 saturated carbocycles. The Kier molecular flexibility index (Phi) is 11.6. The molecule has 5 rings (SSSR count). The summed E-state index contributed by atoms with van der Waals surface area (Å²) >= 11 is 0. The largest absolute Gasteiger partial charge is 0.369 e. The van der Waals surface area contributed by atoms with Crippen LogP contribution in [0.15, 0.2) is 103 Å². The fourth-order valence-electron chi connectivity index (χ4n) is 8.52. The molecule has 3 aromatic rings. The van der Waals surface area contributed by atoms with E-state index in [9.17, 15) is 9.59 Å². The van der Waals surface area contributed by atoms with Gasteiger partial charge in [-0.1, -0.05) is 122 Å². The molecule has 3 aromatic carbocycles. The Hall–Kier alpha value is -3.54. The van der Waals surface area contributed by atoms with Crippen molar-refractivity contribution in [1.82, 2.24) is 9.80 Å².